The van der Waals surface area contributed by atoms with Crippen LogP contribution in [0.5, 0.6) is 0 Å². The Kier molecular flexibility index (Phi) is 2.64. The zero-order valence-electron chi connectivity index (χ0n) is 11.1. The SMILES string of the molecule is Nn1ccc2c(cnc3nc(-c4ccccc4Cl)nn32)c1=O. The van der Waals surface area contributed by atoms with Crippen molar-refractivity contribution in [1.29, 1.82) is 0 Å². The average Bonchev–Trinajstić information content (AvgIpc) is 2.95. The molecular weight excluding hydrogens is 304 g/mol. The van der Waals surface area contributed by atoms with Gasteiger partial charge in [-0.25, -0.2) is 9.66 Å². The second kappa shape index (κ2) is 4.54. The molecule has 2 N–H and O–H groups in total. The Morgan fingerprint density at radius 2 is 2.00 bits per heavy atom. The number of hydrogen-bond acceptors (Lipinski definition) is 5. The van der Waals surface area contributed by atoms with Crippen molar-refractivity contribution in [3.63, 3.8) is 0 Å². The van der Waals surface area contributed by atoms with Gasteiger partial charge in [0.25, 0.3) is 11.3 Å². The van der Waals surface area contributed by atoms with Crippen LogP contribution in [0.25, 0.3) is 28.1 Å². The molecule has 22 heavy (non-hydrogen) atoms. The number of benzene rings is 1. The number of fused-ring (bicyclic) bond motifs is 3. The molecule has 4 rings (SSSR count). The number of rotatable bonds is 1. The molecule has 0 aliphatic carbocycles. The third kappa shape index (κ3) is 1.76. The van der Waals surface area contributed by atoms with Crippen LogP contribution in [0.3, 0.4) is 0 Å². The Balaban J connectivity index is 2.06. The average molecular weight is 313 g/mol. The highest BCUT2D eigenvalue weighted by Crippen LogP contribution is 2.25. The molecule has 0 aliphatic rings. The minimum atomic E-state index is -0.346. The molecule has 0 spiro atoms. The number of aromatic nitrogens is 5. The maximum Gasteiger partial charge on any atom is 0.279 e. The summed E-state index contributed by atoms with van der Waals surface area (Å²) < 4.78 is 2.51. The number of nitrogens with two attached hydrogens (primary N) is 1. The summed E-state index contributed by atoms with van der Waals surface area (Å²) in [7, 11) is 0. The number of nitrogens with zero attached hydrogens (tertiary/aromatic N) is 5. The lowest BCUT2D eigenvalue weighted by molar-refractivity contribution is 0.931. The molecule has 0 fully saturated rings. The Bertz CT molecular complexity index is 1080. The molecule has 4 aromatic rings. The van der Waals surface area contributed by atoms with E-state index in [1.165, 1.54) is 16.9 Å². The molecule has 7 nitrogen and oxygen atoms in total. The van der Waals surface area contributed by atoms with E-state index in [9.17, 15) is 4.79 Å². The van der Waals surface area contributed by atoms with Gasteiger partial charge in [-0.3, -0.25) is 4.79 Å². The fourth-order valence-corrected chi connectivity index (χ4v) is 2.51. The lowest BCUT2D eigenvalue weighted by atomic mass is 10.2. The van der Waals surface area contributed by atoms with Crippen LogP contribution in [0.2, 0.25) is 5.02 Å². The predicted molar refractivity (Wildman–Crippen MR) is 83.1 cm³/mol. The van der Waals surface area contributed by atoms with Gasteiger partial charge in [0, 0.05) is 18.0 Å². The van der Waals surface area contributed by atoms with Gasteiger partial charge in [-0.2, -0.15) is 9.50 Å². The minimum absolute atomic E-state index is 0.346. The number of hydrogen-bond donors (Lipinski definition) is 1. The predicted octanol–water partition coefficient (Wildman–Crippen LogP) is 1.47. The minimum Gasteiger partial charge on any atom is -0.336 e. The van der Waals surface area contributed by atoms with E-state index in [2.05, 4.69) is 15.1 Å². The van der Waals surface area contributed by atoms with Crippen LogP contribution in [-0.2, 0) is 0 Å². The molecule has 0 bridgehead atoms. The molecule has 0 unspecified atom stereocenters. The van der Waals surface area contributed by atoms with Gasteiger partial charge in [0.1, 0.15) is 0 Å². The van der Waals surface area contributed by atoms with Crippen LogP contribution in [0.1, 0.15) is 0 Å². The first-order valence-electron chi connectivity index (χ1n) is 6.42. The van der Waals surface area contributed by atoms with E-state index >= 15 is 0 Å². The summed E-state index contributed by atoms with van der Waals surface area (Å²) in [6, 6.07) is 8.97. The van der Waals surface area contributed by atoms with Crippen LogP contribution in [0.4, 0.5) is 0 Å². The van der Waals surface area contributed by atoms with Crippen molar-refractivity contribution in [3.8, 4) is 11.4 Å². The van der Waals surface area contributed by atoms with Gasteiger partial charge >= 0.3 is 0 Å². The molecule has 0 atom stereocenters. The van der Waals surface area contributed by atoms with Gasteiger partial charge < -0.3 is 5.84 Å². The summed E-state index contributed by atoms with van der Waals surface area (Å²) in [5.41, 5.74) is 0.944. The molecular formula is C14H9ClN6O. The molecule has 0 aliphatic heterocycles. The Hall–Kier alpha value is -2.93. The van der Waals surface area contributed by atoms with Crippen LogP contribution in [-0.4, -0.2) is 24.3 Å². The van der Waals surface area contributed by atoms with Crippen LogP contribution < -0.4 is 11.4 Å². The molecule has 0 saturated heterocycles. The van der Waals surface area contributed by atoms with Gasteiger partial charge in [-0.15, -0.1) is 5.10 Å². The summed E-state index contributed by atoms with van der Waals surface area (Å²) in [5, 5.41) is 5.33. The van der Waals surface area contributed by atoms with Gasteiger partial charge in [0.05, 0.1) is 15.9 Å². The Morgan fingerprint density at radius 1 is 1.18 bits per heavy atom. The third-order valence-corrected chi connectivity index (χ3v) is 3.71. The van der Waals surface area contributed by atoms with Crippen molar-refractivity contribution in [2.75, 3.05) is 5.84 Å². The van der Waals surface area contributed by atoms with Crippen molar-refractivity contribution in [3.05, 3.63) is 58.1 Å². The van der Waals surface area contributed by atoms with Crippen LogP contribution in [0, 0.1) is 0 Å². The molecule has 0 amide bonds. The lowest BCUT2D eigenvalue weighted by Crippen LogP contribution is -2.26. The molecule has 108 valence electrons. The number of halogens is 1. The standard InChI is InChI=1S/C14H9ClN6O/c15-10-4-2-1-3-8(10)12-18-14-17-7-9-11(21(14)19-12)5-6-20(16)13(9)22/h1-7H,16H2. The van der Waals surface area contributed by atoms with Crippen molar-refractivity contribution in [2.45, 2.75) is 0 Å². The maximum absolute atomic E-state index is 12.0. The second-order valence-corrected chi connectivity index (χ2v) is 5.12. The highest BCUT2D eigenvalue weighted by atomic mass is 35.5. The normalized spacial score (nSPS) is 11.3. The quantitative estimate of drug-likeness (QED) is 0.537. The first-order valence-corrected chi connectivity index (χ1v) is 6.80. The highest BCUT2D eigenvalue weighted by Gasteiger charge is 2.13. The van der Waals surface area contributed by atoms with Crippen molar-refractivity contribution in [1.82, 2.24) is 24.3 Å². The van der Waals surface area contributed by atoms with Crippen LogP contribution in [0.15, 0.2) is 47.5 Å². The molecule has 3 aromatic heterocycles. The maximum atomic E-state index is 12.0. The van der Waals surface area contributed by atoms with E-state index in [1.807, 2.05) is 18.2 Å². The van der Waals surface area contributed by atoms with E-state index in [1.54, 1.807) is 12.1 Å². The lowest BCUT2D eigenvalue weighted by Gasteiger charge is -2.01. The fourth-order valence-electron chi connectivity index (χ4n) is 2.29. The van der Waals surface area contributed by atoms with E-state index in [0.717, 1.165) is 4.68 Å². The smallest absolute Gasteiger partial charge is 0.279 e. The number of pyridine rings is 1. The zero-order chi connectivity index (χ0) is 15.3. The van der Waals surface area contributed by atoms with Crippen molar-refractivity contribution < 1.29 is 0 Å². The van der Waals surface area contributed by atoms with E-state index in [-0.39, 0.29) is 5.56 Å². The van der Waals surface area contributed by atoms with Gasteiger partial charge in [0.2, 0.25) is 0 Å². The first-order chi connectivity index (χ1) is 10.6. The first kappa shape index (κ1) is 12.8. The summed E-state index contributed by atoms with van der Waals surface area (Å²) in [6.45, 7) is 0. The third-order valence-electron chi connectivity index (χ3n) is 3.38. The van der Waals surface area contributed by atoms with Gasteiger partial charge in [0.15, 0.2) is 5.82 Å². The number of nitrogen functional groups attached to an aromatic ring is 1. The largest absolute Gasteiger partial charge is 0.336 e. The monoisotopic (exact) mass is 312 g/mol. The second-order valence-electron chi connectivity index (χ2n) is 4.71. The molecule has 1 aromatic carbocycles. The summed E-state index contributed by atoms with van der Waals surface area (Å²) in [4.78, 5) is 20.5. The van der Waals surface area contributed by atoms with Gasteiger partial charge in [-0.1, -0.05) is 23.7 Å². The van der Waals surface area contributed by atoms with Gasteiger partial charge in [-0.05, 0) is 18.2 Å². The van der Waals surface area contributed by atoms with E-state index < -0.39 is 0 Å². The summed E-state index contributed by atoms with van der Waals surface area (Å²) >= 11 is 6.17. The van der Waals surface area contributed by atoms with Crippen molar-refractivity contribution >= 4 is 28.3 Å². The van der Waals surface area contributed by atoms with E-state index in [4.69, 9.17) is 17.4 Å². The highest BCUT2D eigenvalue weighted by molar-refractivity contribution is 6.33. The molecule has 8 heteroatoms. The summed E-state index contributed by atoms with van der Waals surface area (Å²) in [6.07, 6.45) is 2.92. The zero-order valence-corrected chi connectivity index (χ0v) is 11.9. The molecule has 0 saturated carbocycles. The van der Waals surface area contributed by atoms with E-state index in [0.29, 0.717) is 33.1 Å². The van der Waals surface area contributed by atoms with Crippen molar-refractivity contribution in [2.24, 2.45) is 0 Å². The fraction of sp³-hybridized carbons (Fsp3) is 0. The summed E-state index contributed by atoms with van der Waals surface area (Å²) in [5.74, 6) is 6.39. The Labute approximate surface area is 128 Å². The van der Waals surface area contributed by atoms with Crippen LogP contribution >= 0.6 is 11.6 Å². The molecule has 3 heterocycles. The molecule has 0 radical (unpaired) electrons. The topological polar surface area (TPSA) is 91.1 Å². The Morgan fingerprint density at radius 3 is 2.82 bits per heavy atom.